The zero-order valence-corrected chi connectivity index (χ0v) is 12.1. The Hall–Kier alpha value is -0.280. The summed E-state index contributed by atoms with van der Waals surface area (Å²) in [7, 11) is 1.42. The van der Waals surface area contributed by atoms with Gasteiger partial charge in [0.1, 0.15) is 0 Å². The highest BCUT2D eigenvalue weighted by atomic mass is 32.2. The molecule has 0 aromatic rings. The Morgan fingerprint density at radius 3 is 2.24 bits per heavy atom. The van der Waals surface area contributed by atoms with Gasteiger partial charge in [0, 0.05) is 27.2 Å². The number of hydrogen-bond acceptors (Lipinski definition) is 4. The Labute approximate surface area is 108 Å². The molecular formula is C9H20N4O2S2. The molecule has 17 heavy (non-hydrogen) atoms. The number of nitrogens with two attached hydrogens (primary N) is 1. The molecule has 1 rings (SSSR count). The fraction of sp³-hybridized carbons (Fsp3) is 0.889. The van der Waals surface area contributed by atoms with Crippen LogP contribution in [0, 0.1) is 0 Å². The molecule has 1 saturated heterocycles. The van der Waals surface area contributed by atoms with Gasteiger partial charge in [0.05, 0.1) is 10.5 Å². The molecule has 0 aliphatic carbocycles. The van der Waals surface area contributed by atoms with Crippen molar-refractivity contribution in [2.75, 3.05) is 34.2 Å². The van der Waals surface area contributed by atoms with Gasteiger partial charge in [-0.3, -0.25) is 0 Å². The maximum Gasteiger partial charge on any atom is 0.279 e. The van der Waals surface area contributed by atoms with Crippen LogP contribution < -0.4 is 10.5 Å². The minimum absolute atomic E-state index is 0.219. The summed E-state index contributed by atoms with van der Waals surface area (Å²) in [5.41, 5.74) is 4.94. The Balaban J connectivity index is 2.92. The zero-order chi connectivity index (χ0) is 13.3. The molecule has 0 atom stereocenters. The van der Waals surface area contributed by atoms with Crippen LogP contribution in [0.1, 0.15) is 12.8 Å². The van der Waals surface area contributed by atoms with Crippen LogP contribution in [-0.4, -0.2) is 62.4 Å². The molecule has 100 valence electrons. The maximum atomic E-state index is 11.9. The highest BCUT2D eigenvalue weighted by Crippen LogP contribution is 2.23. The fourth-order valence-corrected chi connectivity index (χ4v) is 3.05. The van der Waals surface area contributed by atoms with E-state index in [4.69, 9.17) is 18.0 Å². The van der Waals surface area contributed by atoms with Crippen LogP contribution in [-0.2, 0) is 10.2 Å². The van der Waals surface area contributed by atoms with Gasteiger partial charge in [-0.1, -0.05) is 12.2 Å². The first-order valence-electron chi connectivity index (χ1n) is 5.39. The number of hydrogen-bond donors (Lipinski definition) is 2. The molecular weight excluding hydrogens is 260 g/mol. The van der Waals surface area contributed by atoms with E-state index < -0.39 is 15.7 Å². The van der Waals surface area contributed by atoms with Crippen molar-refractivity contribution in [2.45, 2.75) is 18.4 Å². The lowest BCUT2D eigenvalue weighted by Crippen LogP contribution is -2.62. The van der Waals surface area contributed by atoms with Gasteiger partial charge in [-0.05, 0) is 19.9 Å². The van der Waals surface area contributed by atoms with Crippen LogP contribution in [0.4, 0.5) is 0 Å². The Morgan fingerprint density at radius 2 is 1.88 bits per heavy atom. The van der Waals surface area contributed by atoms with Crippen LogP contribution in [0.3, 0.4) is 0 Å². The molecule has 0 amide bonds. The molecule has 0 aromatic heterocycles. The van der Waals surface area contributed by atoms with Crippen molar-refractivity contribution >= 4 is 27.4 Å². The van der Waals surface area contributed by atoms with Gasteiger partial charge in [-0.25, -0.2) is 0 Å². The second kappa shape index (κ2) is 5.15. The molecule has 1 heterocycles. The molecule has 0 bridgehead atoms. The molecule has 1 aliphatic rings. The van der Waals surface area contributed by atoms with E-state index in [1.165, 1.54) is 14.1 Å². The normalized spacial score (nSPS) is 21.6. The largest absolute Gasteiger partial charge is 0.392 e. The second-order valence-corrected chi connectivity index (χ2v) is 6.96. The van der Waals surface area contributed by atoms with Crippen molar-refractivity contribution in [3.05, 3.63) is 0 Å². The van der Waals surface area contributed by atoms with Crippen molar-refractivity contribution in [3.8, 4) is 0 Å². The van der Waals surface area contributed by atoms with E-state index >= 15 is 0 Å². The van der Waals surface area contributed by atoms with Gasteiger partial charge < -0.3 is 10.6 Å². The summed E-state index contributed by atoms with van der Waals surface area (Å²) in [6.45, 7) is 1.54. The first-order chi connectivity index (χ1) is 7.69. The van der Waals surface area contributed by atoms with Crippen molar-refractivity contribution < 1.29 is 8.42 Å². The number of thiocarbonyl (C=S) groups is 1. The highest BCUT2D eigenvalue weighted by Gasteiger charge is 2.40. The van der Waals surface area contributed by atoms with Crippen LogP contribution >= 0.6 is 12.2 Å². The molecule has 1 aliphatic heterocycles. The van der Waals surface area contributed by atoms with E-state index in [9.17, 15) is 8.42 Å². The number of piperidine rings is 1. The van der Waals surface area contributed by atoms with E-state index in [0.717, 1.165) is 17.4 Å². The SMILES string of the molecule is CN1CCC(NS(=O)(=O)N(C)C)(C(N)=S)CC1. The molecule has 0 saturated carbocycles. The average molecular weight is 280 g/mol. The molecule has 3 N–H and O–H groups in total. The first-order valence-corrected chi connectivity index (χ1v) is 7.24. The second-order valence-electron chi connectivity index (χ2n) is 4.64. The Bertz CT molecular complexity index is 386. The van der Waals surface area contributed by atoms with E-state index in [1.807, 2.05) is 7.05 Å². The average Bonchev–Trinajstić information content (AvgIpc) is 2.21. The summed E-state index contributed by atoms with van der Waals surface area (Å²) in [5.74, 6) is 0. The number of nitrogens with one attached hydrogen (secondary N) is 1. The molecule has 8 heteroatoms. The van der Waals surface area contributed by atoms with E-state index in [0.29, 0.717) is 12.8 Å². The third kappa shape index (κ3) is 3.35. The van der Waals surface area contributed by atoms with Crippen molar-refractivity contribution in [1.29, 1.82) is 0 Å². The molecule has 0 spiro atoms. The van der Waals surface area contributed by atoms with E-state index in [-0.39, 0.29) is 4.99 Å². The molecule has 0 unspecified atom stereocenters. The number of rotatable bonds is 4. The predicted octanol–water partition coefficient (Wildman–Crippen LogP) is -0.867. The molecule has 0 radical (unpaired) electrons. The zero-order valence-electron chi connectivity index (χ0n) is 10.4. The lowest BCUT2D eigenvalue weighted by molar-refractivity contribution is 0.219. The van der Waals surface area contributed by atoms with Crippen molar-refractivity contribution in [3.63, 3.8) is 0 Å². The first kappa shape index (κ1) is 14.8. The summed E-state index contributed by atoms with van der Waals surface area (Å²) in [4.78, 5) is 2.34. The standard InChI is InChI=1S/C9H20N4O2S2/c1-12(2)17(14,15)11-9(8(10)16)4-6-13(3)7-5-9/h11H,4-7H2,1-3H3,(H2,10,16). The van der Waals surface area contributed by atoms with Crippen LogP contribution in [0.2, 0.25) is 0 Å². The number of nitrogens with zero attached hydrogens (tertiary/aromatic N) is 2. The van der Waals surface area contributed by atoms with Crippen LogP contribution in [0.5, 0.6) is 0 Å². The summed E-state index contributed by atoms with van der Waals surface area (Å²) in [6.07, 6.45) is 1.21. The van der Waals surface area contributed by atoms with Crippen molar-refractivity contribution in [1.82, 2.24) is 13.9 Å². The topological polar surface area (TPSA) is 78.7 Å². The fourth-order valence-electron chi connectivity index (χ4n) is 1.74. The summed E-state index contributed by atoms with van der Waals surface area (Å²) >= 11 is 5.03. The summed E-state index contributed by atoms with van der Waals surface area (Å²) < 4.78 is 27.5. The Kier molecular flexibility index (Phi) is 4.48. The van der Waals surface area contributed by atoms with Crippen LogP contribution in [0.15, 0.2) is 0 Å². The predicted molar refractivity (Wildman–Crippen MR) is 72.0 cm³/mol. The summed E-state index contributed by atoms with van der Waals surface area (Å²) in [5, 5.41) is 0. The van der Waals surface area contributed by atoms with Crippen molar-refractivity contribution in [2.24, 2.45) is 5.73 Å². The van der Waals surface area contributed by atoms with Gasteiger partial charge in [0.25, 0.3) is 10.2 Å². The molecule has 1 fully saturated rings. The van der Waals surface area contributed by atoms with Gasteiger partial charge >= 0.3 is 0 Å². The molecule has 0 aromatic carbocycles. The number of likely N-dealkylation sites (tertiary alicyclic amines) is 1. The lowest BCUT2D eigenvalue weighted by Gasteiger charge is -2.40. The van der Waals surface area contributed by atoms with E-state index in [2.05, 4.69) is 9.62 Å². The van der Waals surface area contributed by atoms with Gasteiger partial charge in [-0.2, -0.15) is 17.4 Å². The third-order valence-electron chi connectivity index (χ3n) is 3.12. The minimum Gasteiger partial charge on any atom is -0.392 e. The van der Waals surface area contributed by atoms with Gasteiger partial charge in [0.15, 0.2) is 0 Å². The molecule has 6 nitrogen and oxygen atoms in total. The summed E-state index contributed by atoms with van der Waals surface area (Å²) in [6, 6.07) is 0. The third-order valence-corrected chi connectivity index (χ3v) is 5.12. The minimum atomic E-state index is -3.52. The van der Waals surface area contributed by atoms with Gasteiger partial charge in [0.2, 0.25) is 0 Å². The van der Waals surface area contributed by atoms with Crippen LogP contribution in [0.25, 0.3) is 0 Å². The smallest absolute Gasteiger partial charge is 0.279 e. The highest BCUT2D eigenvalue weighted by molar-refractivity contribution is 7.87. The monoisotopic (exact) mass is 280 g/mol. The maximum absolute atomic E-state index is 11.9. The Morgan fingerprint density at radius 1 is 1.41 bits per heavy atom. The van der Waals surface area contributed by atoms with Gasteiger partial charge in [-0.15, -0.1) is 0 Å². The quantitative estimate of drug-likeness (QED) is 0.655. The lowest BCUT2D eigenvalue weighted by atomic mass is 9.89. The van der Waals surface area contributed by atoms with E-state index in [1.54, 1.807) is 0 Å².